The van der Waals surface area contributed by atoms with Gasteiger partial charge in [0.2, 0.25) is 0 Å². The zero-order valence-corrected chi connectivity index (χ0v) is 12.5. The first-order valence-electron chi connectivity index (χ1n) is 7.94. The van der Waals surface area contributed by atoms with Crippen LogP contribution < -0.4 is 5.32 Å². The van der Waals surface area contributed by atoms with Gasteiger partial charge >= 0.3 is 0 Å². The van der Waals surface area contributed by atoms with Crippen molar-refractivity contribution in [2.75, 3.05) is 13.1 Å². The molecule has 1 saturated carbocycles. The maximum absolute atomic E-state index is 12.5. The number of nitrogens with zero attached hydrogens (tertiary/aromatic N) is 3. The highest BCUT2D eigenvalue weighted by Gasteiger charge is 2.34. The molecule has 2 aromatic rings. The second-order valence-electron chi connectivity index (χ2n) is 6.19. The zero-order valence-electron chi connectivity index (χ0n) is 12.5. The second kappa shape index (κ2) is 5.57. The second-order valence-corrected chi connectivity index (χ2v) is 6.19. The Labute approximate surface area is 129 Å². The van der Waals surface area contributed by atoms with Crippen LogP contribution in [0.3, 0.4) is 0 Å². The van der Waals surface area contributed by atoms with E-state index in [9.17, 15) is 4.79 Å². The minimum atomic E-state index is 0.0108. The van der Waals surface area contributed by atoms with E-state index in [0.717, 1.165) is 31.2 Å². The molecular formula is C17H20N4O. The highest BCUT2D eigenvalue weighted by molar-refractivity contribution is 5.94. The number of aromatic nitrogens is 2. The van der Waals surface area contributed by atoms with Crippen LogP contribution in [0.15, 0.2) is 42.7 Å². The Morgan fingerprint density at radius 2 is 2.14 bits per heavy atom. The summed E-state index contributed by atoms with van der Waals surface area (Å²) in [4.78, 5) is 15.0. The topological polar surface area (TPSA) is 50.2 Å². The molecule has 0 spiro atoms. The molecule has 5 nitrogen and oxygen atoms in total. The van der Waals surface area contributed by atoms with Crippen LogP contribution in [0.4, 0.5) is 0 Å². The Kier molecular flexibility index (Phi) is 3.42. The summed E-state index contributed by atoms with van der Waals surface area (Å²) < 4.78 is 1.77. The van der Waals surface area contributed by atoms with Crippen LogP contribution in [0.25, 0.3) is 5.69 Å². The average molecular weight is 296 g/mol. The van der Waals surface area contributed by atoms with Gasteiger partial charge in [0, 0.05) is 43.1 Å². The molecule has 2 heterocycles. The summed E-state index contributed by atoms with van der Waals surface area (Å²) in [6.45, 7) is 2.11. The number of carbonyl (C=O) groups excluding carboxylic acids is 1. The first kappa shape index (κ1) is 13.5. The lowest BCUT2D eigenvalue weighted by Gasteiger charge is -2.16. The first-order valence-corrected chi connectivity index (χ1v) is 7.94. The molecule has 1 atom stereocenters. The fourth-order valence-electron chi connectivity index (χ4n) is 3.16. The summed E-state index contributed by atoms with van der Waals surface area (Å²) >= 11 is 0. The molecule has 1 aromatic heterocycles. The highest BCUT2D eigenvalue weighted by Crippen LogP contribution is 2.29. The van der Waals surface area contributed by atoms with Gasteiger partial charge in [-0.3, -0.25) is 9.69 Å². The molecule has 2 aliphatic rings. The molecular weight excluding hydrogens is 276 g/mol. The zero-order chi connectivity index (χ0) is 14.9. The SMILES string of the molecule is O=C(NC1CCN(C2CC2)C1)c1cccc(-n2cccn2)c1. The molecule has 1 unspecified atom stereocenters. The number of carbonyl (C=O) groups is 1. The summed E-state index contributed by atoms with van der Waals surface area (Å²) in [6, 6.07) is 10.5. The van der Waals surface area contributed by atoms with Crippen molar-refractivity contribution in [1.29, 1.82) is 0 Å². The predicted molar refractivity (Wildman–Crippen MR) is 84.0 cm³/mol. The number of rotatable bonds is 4. The molecule has 1 aliphatic carbocycles. The molecule has 1 aliphatic heterocycles. The van der Waals surface area contributed by atoms with E-state index in [4.69, 9.17) is 0 Å². The molecule has 1 N–H and O–H groups in total. The quantitative estimate of drug-likeness (QED) is 0.936. The number of amides is 1. The molecule has 22 heavy (non-hydrogen) atoms. The van der Waals surface area contributed by atoms with Gasteiger partial charge in [-0.05, 0) is 43.5 Å². The Morgan fingerprint density at radius 1 is 1.23 bits per heavy atom. The van der Waals surface area contributed by atoms with Gasteiger partial charge in [-0.25, -0.2) is 4.68 Å². The summed E-state index contributed by atoms with van der Waals surface area (Å²) in [7, 11) is 0. The summed E-state index contributed by atoms with van der Waals surface area (Å²) in [6.07, 6.45) is 7.32. The number of hydrogen-bond acceptors (Lipinski definition) is 3. The molecule has 0 bridgehead atoms. The molecule has 2 fully saturated rings. The summed E-state index contributed by atoms with van der Waals surface area (Å²) in [5, 5.41) is 7.37. The third-order valence-corrected chi connectivity index (χ3v) is 4.50. The smallest absolute Gasteiger partial charge is 0.251 e. The maximum Gasteiger partial charge on any atom is 0.251 e. The van der Waals surface area contributed by atoms with Gasteiger partial charge in [0.25, 0.3) is 5.91 Å². The lowest BCUT2D eigenvalue weighted by Crippen LogP contribution is -2.37. The molecule has 114 valence electrons. The van der Waals surface area contributed by atoms with Crippen LogP contribution in [-0.2, 0) is 0 Å². The van der Waals surface area contributed by atoms with Crippen LogP contribution in [0.5, 0.6) is 0 Å². The van der Waals surface area contributed by atoms with Gasteiger partial charge in [-0.2, -0.15) is 5.10 Å². The van der Waals surface area contributed by atoms with Gasteiger partial charge in [0.15, 0.2) is 0 Å². The van der Waals surface area contributed by atoms with Gasteiger partial charge in [-0.1, -0.05) is 6.07 Å². The van der Waals surface area contributed by atoms with Gasteiger partial charge in [-0.15, -0.1) is 0 Å². The predicted octanol–water partition coefficient (Wildman–Crippen LogP) is 1.84. The van der Waals surface area contributed by atoms with Gasteiger partial charge < -0.3 is 5.32 Å². The fraction of sp³-hybridized carbons (Fsp3) is 0.412. The highest BCUT2D eigenvalue weighted by atomic mass is 16.1. The van der Waals surface area contributed by atoms with Crippen molar-refractivity contribution in [2.45, 2.75) is 31.3 Å². The fourth-order valence-corrected chi connectivity index (χ4v) is 3.16. The van der Waals surface area contributed by atoms with Crippen LogP contribution in [-0.4, -0.2) is 45.8 Å². The monoisotopic (exact) mass is 296 g/mol. The van der Waals surface area contributed by atoms with Crippen molar-refractivity contribution in [2.24, 2.45) is 0 Å². The minimum absolute atomic E-state index is 0.0108. The van der Waals surface area contributed by atoms with Crippen molar-refractivity contribution in [3.63, 3.8) is 0 Å². The third-order valence-electron chi connectivity index (χ3n) is 4.50. The van der Waals surface area contributed by atoms with E-state index in [1.54, 1.807) is 10.9 Å². The number of nitrogens with one attached hydrogen (secondary N) is 1. The first-order chi connectivity index (χ1) is 10.8. The molecule has 5 heteroatoms. The lowest BCUT2D eigenvalue weighted by molar-refractivity contribution is 0.0937. The Bertz CT molecular complexity index is 663. The molecule has 1 saturated heterocycles. The molecule has 1 aromatic carbocycles. The number of hydrogen-bond donors (Lipinski definition) is 1. The maximum atomic E-state index is 12.5. The van der Waals surface area contributed by atoms with E-state index >= 15 is 0 Å². The Morgan fingerprint density at radius 3 is 2.91 bits per heavy atom. The van der Waals surface area contributed by atoms with Crippen LogP contribution in [0.1, 0.15) is 29.6 Å². The van der Waals surface area contributed by atoms with E-state index < -0.39 is 0 Å². The molecule has 1 amide bonds. The summed E-state index contributed by atoms with van der Waals surface area (Å²) in [5.74, 6) is 0.0108. The van der Waals surface area contributed by atoms with E-state index in [-0.39, 0.29) is 11.9 Å². The van der Waals surface area contributed by atoms with Crippen molar-refractivity contribution in [3.05, 3.63) is 48.3 Å². The Hall–Kier alpha value is -2.14. The Balaban J connectivity index is 1.43. The van der Waals surface area contributed by atoms with Crippen LogP contribution in [0, 0.1) is 0 Å². The molecule has 4 rings (SSSR count). The third kappa shape index (κ3) is 2.76. The summed E-state index contributed by atoms with van der Waals surface area (Å²) in [5.41, 5.74) is 1.60. The van der Waals surface area contributed by atoms with E-state index in [0.29, 0.717) is 5.56 Å². The normalized spacial score (nSPS) is 21.9. The number of benzene rings is 1. The van der Waals surface area contributed by atoms with Crippen molar-refractivity contribution >= 4 is 5.91 Å². The van der Waals surface area contributed by atoms with Crippen LogP contribution >= 0.6 is 0 Å². The standard InChI is InChI=1S/C17H20N4O/c22-17(19-14-7-10-20(12-14)15-5-6-15)13-3-1-4-16(11-13)21-9-2-8-18-21/h1-4,8-9,11,14-15H,5-7,10,12H2,(H,19,22). The van der Waals surface area contributed by atoms with E-state index in [2.05, 4.69) is 15.3 Å². The van der Waals surface area contributed by atoms with Crippen molar-refractivity contribution in [3.8, 4) is 5.69 Å². The van der Waals surface area contributed by atoms with E-state index in [1.807, 2.05) is 36.5 Å². The lowest BCUT2D eigenvalue weighted by atomic mass is 10.1. The van der Waals surface area contributed by atoms with E-state index in [1.165, 1.54) is 12.8 Å². The van der Waals surface area contributed by atoms with Crippen molar-refractivity contribution < 1.29 is 4.79 Å². The van der Waals surface area contributed by atoms with Crippen molar-refractivity contribution in [1.82, 2.24) is 20.0 Å². The average Bonchev–Trinajstić information content (AvgIpc) is 3.06. The van der Waals surface area contributed by atoms with Gasteiger partial charge in [0.05, 0.1) is 5.69 Å². The largest absolute Gasteiger partial charge is 0.348 e. The van der Waals surface area contributed by atoms with Gasteiger partial charge in [0.1, 0.15) is 0 Å². The molecule has 0 radical (unpaired) electrons. The minimum Gasteiger partial charge on any atom is -0.348 e. The number of likely N-dealkylation sites (tertiary alicyclic amines) is 1. The van der Waals surface area contributed by atoms with Crippen LogP contribution in [0.2, 0.25) is 0 Å².